The van der Waals surface area contributed by atoms with Gasteiger partial charge in [-0.15, -0.1) is 0 Å². The summed E-state index contributed by atoms with van der Waals surface area (Å²) < 4.78 is 0. The molecule has 11 heteroatoms. The molecule has 0 aliphatic heterocycles. The molecule has 5 aromatic rings. The van der Waals surface area contributed by atoms with Crippen LogP contribution in [-0.2, 0) is 16.0 Å². The van der Waals surface area contributed by atoms with Gasteiger partial charge in [-0.05, 0) is 93.3 Å². The second-order valence-electron chi connectivity index (χ2n) is 12.7. The first-order valence-electron chi connectivity index (χ1n) is 15.8. The van der Waals surface area contributed by atoms with E-state index in [0.717, 1.165) is 65.1 Å². The smallest absolute Gasteiger partial charge is 0.323 e. The maximum absolute atomic E-state index is 14.2. The van der Waals surface area contributed by atoms with Crippen LogP contribution in [0.1, 0.15) is 61.5 Å². The van der Waals surface area contributed by atoms with Gasteiger partial charge in [0.1, 0.15) is 11.9 Å². The Labute approximate surface area is 259 Å². The molecule has 2 aliphatic carbocycles. The summed E-state index contributed by atoms with van der Waals surface area (Å²) in [6, 6.07) is 14.4. The first kappa shape index (κ1) is 29.0. The Kier molecular flexibility index (Phi) is 7.48. The summed E-state index contributed by atoms with van der Waals surface area (Å²) in [7, 11) is 0. The molecule has 232 valence electrons. The average Bonchev–Trinajstić information content (AvgIpc) is 3.70. The number of carbonyl (C=O) groups is 2. The number of primary amides is 1. The zero-order valence-corrected chi connectivity index (χ0v) is 25.3. The summed E-state index contributed by atoms with van der Waals surface area (Å²) in [5, 5.41) is 0. The third-order valence-electron chi connectivity index (χ3n) is 9.52. The number of anilines is 1. The number of nitrogens with two attached hydrogens (primary N) is 2. The number of hydrogen-bond acceptors (Lipinski definition) is 6. The number of rotatable bonds is 9. The van der Waals surface area contributed by atoms with Crippen LogP contribution in [0.5, 0.6) is 0 Å². The number of imidazole rings is 2. The number of pyridine rings is 1. The monoisotopic (exact) mass is 606 g/mol. The molecule has 45 heavy (non-hydrogen) atoms. The zero-order valence-electron chi connectivity index (χ0n) is 25.3. The second kappa shape index (κ2) is 11.6. The Balaban J connectivity index is 1.19. The van der Waals surface area contributed by atoms with Gasteiger partial charge < -0.3 is 26.4 Å². The van der Waals surface area contributed by atoms with Gasteiger partial charge in [-0.2, -0.15) is 0 Å². The molecule has 2 saturated carbocycles. The van der Waals surface area contributed by atoms with E-state index in [9.17, 15) is 14.4 Å². The van der Waals surface area contributed by atoms with E-state index in [4.69, 9.17) is 16.5 Å². The molecule has 0 spiro atoms. The molecule has 11 nitrogen and oxygen atoms in total. The summed E-state index contributed by atoms with van der Waals surface area (Å²) >= 11 is 0. The van der Waals surface area contributed by atoms with Crippen LogP contribution in [0.3, 0.4) is 0 Å². The molecule has 2 amide bonds. The number of benzene rings is 2. The predicted molar refractivity (Wildman–Crippen MR) is 174 cm³/mol. The van der Waals surface area contributed by atoms with Crippen molar-refractivity contribution in [3.63, 3.8) is 0 Å². The van der Waals surface area contributed by atoms with E-state index in [-0.39, 0.29) is 23.9 Å². The SMILES string of the molecule is Cc1nc2nc(C3CC3)[nH]c2cc1-c1ccc(C[C@@H](C(N)=O)N(c2ccc3[nH]c(=O)[nH]c3c2)C(=O)[C@H]2CC[C@H](CN)CC2)cc1. The van der Waals surface area contributed by atoms with Gasteiger partial charge in [0.05, 0.1) is 16.6 Å². The molecule has 0 unspecified atom stereocenters. The van der Waals surface area contributed by atoms with Crippen molar-refractivity contribution in [3.05, 3.63) is 76.1 Å². The standard InChI is InChI=1S/C34H38N8O3/c1-18-25(16-28-32(37-18)41-31(38-28)22-10-11-22)21-6-2-19(3-7-21)14-29(30(36)43)42(33(44)23-8-4-20(17-35)5-9-23)24-12-13-26-27(15-24)40-34(45)39-26/h2-3,6-7,12-13,15-16,20,22-23,29H,4-5,8-11,14,17,35H2,1H3,(H2,36,43)(H,37,38,41)(H2,39,40,45)/t20-,23-,29-/m0/s1. The predicted octanol–water partition coefficient (Wildman–Crippen LogP) is 4.18. The van der Waals surface area contributed by atoms with Gasteiger partial charge in [0.2, 0.25) is 11.8 Å². The van der Waals surface area contributed by atoms with Gasteiger partial charge in [0, 0.05) is 35.2 Å². The summed E-state index contributed by atoms with van der Waals surface area (Å²) in [6.45, 7) is 2.59. The van der Waals surface area contributed by atoms with Crippen LogP contribution in [-0.4, -0.2) is 49.3 Å². The largest absolute Gasteiger partial charge is 0.368 e. The first-order valence-corrected chi connectivity index (χ1v) is 15.8. The number of nitrogens with one attached hydrogen (secondary N) is 3. The molecule has 1 atom stereocenters. The van der Waals surface area contributed by atoms with Gasteiger partial charge in [-0.1, -0.05) is 24.3 Å². The summed E-state index contributed by atoms with van der Waals surface area (Å²) in [5.41, 5.74) is 18.7. The summed E-state index contributed by atoms with van der Waals surface area (Å²) in [6.07, 6.45) is 5.72. The fourth-order valence-corrected chi connectivity index (χ4v) is 6.73. The van der Waals surface area contributed by atoms with Crippen LogP contribution in [0, 0.1) is 18.8 Å². The van der Waals surface area contributed by atoms with Gasteiger partial charge in [-0.3, -0.25) is 14.5 Å². The van der Waals surface area contributed by atoms with Crippen LogP contribution < -0.4 is 22.1 Å². The molecule has 7 rings (SSSR count). The minimum Gasteiger partial charge on any atom is -0.368 e. The molecule has 2 aromatic carbocycles. The Hall–Kier alpha value is -4.77. The molecule has 2 fully saturated rings. The summed E-state index contributed by atoms with van der Waals surface area (Å²) in [5.74, 6) is 0.953. The van der Waals surface area contributed by atoms with Gasteiger partial charge in [0.25, 0.3) is 0 Å². The molecular weight excluding hydrogens is 568 g/mol. The molecule has 3 aromatic heterocycles. The minimum absolute atomic E-state index is 0.136. The van der Waals surface area contributed by atoms with E-state index in [0.29, 0.717) is 47.9 Å². The molecule has 0 saturated heterocycles. The maximum atomic E-state index is 14.2. The minimum atomic E-state index is -0.927. The lowest BCUT2D eigenvalue weighted by Gasteiger charge is -2.35. The van der Waals surface area contributed by atoms with Gasteiger partial charge >= 0.3 is 5.69 Å². The number of carbonyl (C=O) groups excluding carboxylic acids is 2. The van der Waals surface area contributed by atoms with Crippen molar-refractivity contribution in [2.24, 2.45) is 23.3 Å². The number of hydrogen-bond donors (Lipinski definition) is 5. The highest BCUT2D eigenvalue weighted by molar-refractivity contribution is 6.02. The van der Waals surface area contributed by atoms with E-state index in [2.05, 4.69) is 26.0 Å². The number of amides is 2. The van der Waals surface area contributed by atoms with Gasteiger partial charge in [0.15, 0.2) is 5.65 Å². The van der Waals surface area contributed by atoms with Crippen LogP contribution >= 0.6 is 0 Å². The van der Waals surface area contributed by atoms with Crippen LogP contribution in [0.25, 0.3) is 33.3 Å². The fraction of sp³-hybridized carbons (Fsp3) is 0.382. The summed E-state index contributed by atoms with van der Waals surface area (Å²) in [4.78, 5) is 59.2. The Morgan fingerprint density at radius 1 is 0.911 bits per heavy atom. The van der Waals surface area contributed by atoms with Crippen molar-refractivity contribution in [1.82, 2.24) is 24.9 Å². The molecule has 7 N–H and O–H groups in total. The van der Waals surface area contributed by atoms with Crippen molar-refractivity contribution < 1.29 is 9.59 Å². The number of aromatic nitrogens is 5. The van der Waals surface area contributed by atoms with E-state index < -0.39 is 11.9 Å². The molecule has 3 heterocycles. The lowest BCUT2D eigenvalue weighted by Crippen LogP contribution is -2.52. The van der Waals surface area contributed by atoms with Crippen LogP contribution in [0.4, 0.5) is 5.69 Å². The van der Waals surface area contributed by atoms with E-state index in [1.54, 1.807) is 23.1 Å². The topological polar surface area (TPSA) is 180 Å². The number of aromatic amines is 3. The van der Waals surface area contributed by atoms with E-state index >= 15 is 0 Å². The Morgan fingerprint density at radius 2 is 1.64 bits per heavy atom. The Morgan fingerprint density at radius 3 is 2.33 bits per heavy atom. The van der Waals surface area contributed by atoms with Gasteiger partial charge in [-0.25, -0.2) is 14.8 Å². The highest BCUT2D eigenvalue weighted by Gasteiger charge is 2.36. The average molecular weight is 607 g/mol. The van der Waals surface area contributed by atoms with Crippen LogP contribution in [0.2, 0.25) is 0 Å². The fourth-order valence-electron chi connectivity index (χ4n) is 6.73. The van der Waals surface area contributed by atoms with Crippen molar-refractivity contribution in [1.29, 1.82) is 0 Å². The van der Waals surface area contributed by atoms with Crippen molar-refractivity contribution in [2.45, 2.75) is 63.8 Å². The zero-order chi connectivity index (χ0) is 31.2. The third kappa shape index (κ3) is 5.75. The quantitative estimate of drug-likeness (QED) is 0.168. The molecular formula is C34H38N8O3. The highest BCUT2D eigenvalue weighted by atomic mass is 16.2. The molecule has 0 bridgehead atoms. The molecule has 0 radical (unpaired) electrons. The number of H-pyrrole nitrogens is 3. The Bertz CT molecular complexity index is 1940. The molecule has 2 aliphatic rings. The number of nitrogens with zero attached hydrogens (tertiary/aromatic N) is 3. The lowest BCUT2D eigenvalue weighted by atomic mass is 9.81. The highest BCUT2D eigenvalue weighted by Crippen LogP contribution is 2.39. The van der Waals surface area contributed by atoms with Crippen molar-refractivity contribution in [2.75, 3.05) is 11.4 Å². The normalized spacial score (nSPS) is 19.2. The second-order valence-corrected chi connectivity index (χ2v) is 12.7. The third-order valence-corrected chi connectivity index (χ3v) is 9.52. The first-order chi connectivity index (χ1) is 21.8. The van der Waals surface area contributed by atoms with E-state index in [1.165, 1.54) is 0 Å². The van der Waals surface area contributed by atoms with E-state index in [1.807, 2.05) is 31.2 Å². The van der Waals surface area contributed by atoms with Crippen molar-refractivity contribution in [3.8, 4) is 11.1 Å². The van der Waals surface area contributed by atoms with Crippen molar-refractivity contribution >= 4 is 39.7 Å². The van der Waals surface area contributed by atoms with Crippen LogP contribution in [0.15, 0.2) is 53.3 Å². The number of aryl methyl sites for hydroxylation is 1. The lowest BCUT2D eigenvalue weighted by molar-refractivity contribution is -0.127. The number of fused-ring (bicyclic) bond motifs is 2. The maximum Gasteiger partial charge on any atom is 0.323 e.